The summed E-state index contributed by atoms with van der Waals surface area (Å²) in [6.07, 6.45) is 1.70. The summed E-state index contributed by atoms with van der Waals surface area (Å²) in [4.78, 5) is 30.2. The largest absolute Gasteiger partial charge is 0.497 e. The maximum atomic E-state index is 12.3. The summed E-state index contributed by atoms with van der Waals surface area (Å²) >= 11 is 0. The molecule has 1 fully saturated rings. The van der Waals surface area contributed by atoms with Gasteiger partial charge in [0.2, 0.25) is 5.91 Å². The van der Waals surface area contributed by atoms with Crippen molar-refractivity contribution in [3.8, 4) is 5.75 Å². The molecule has 0 spiro atoms. The molecule has 130 valence electrons. The van der Waals surface area contributed by atoms with E-state index in [-0.39, 0.29) is 36.6 Å². The summed E-state index contributed by atoms with van der Waals surface area (Å²) in [5, 5.41) is 12.0. The van der Waals surface area contributed by atoms with Crippen molar-refractivity contribution >= 4 is 17.5 Å². The Labute approximate surface area is 145 Å². The number of aliphatic hydroxyl groups excluding tert-OH is 1. The minimum atomic E-state index is -0.361. The number of methoxy groups -OCH3 is 1. The molecule has 2 aromatic rings. The average Bonchev–Trinajstić information content (AvgIpc) is 3.02. The van der Waals surface area contributed by atoms with Gasteiger partial charge in [-0.2, -0.15) is 0 Å². The van der Waals surface area contributed by atoms with Crippen molar-refractivity contribution in [3.05, 3.63) is 53.9 Å². The number of ether oxygens (including phenoxy) is 1. The van der Waals surface area contributed by atoms with Crippen LogP contribution in [-0.2, 0) is 11.4 Å². The van der Waals surface area contributed by atoms with Crippen LogP contribution in [0.25, 0.3) is 0 Å². The molecule has 1 aliphatic heterocycles. The van der Waals surface area contributed by atoms with Crippen LogP contribution in [0.4, 0.5) is 5.69 Å². The number of anilines is 1. The molecule has 0 unspecified atom stereocenters. The van der Waals surface area contributed by atoms with Gasteiger partial charge >= 0.3 is 0 Å². The molecule has 2 amide bonds. The molecule has 0 saturated carbocycles. The van der Waals surface area contributed by atoms with Crippen LogP contribution < -0.4 is 15.0 Å². The maximum Gasteiger partial charge on any atom is 0.270 e. The minimum absolute atomic E-state index is 0.0596. The Kier molecular flexibility index (Phi) is 4.95. The number of amides is 2. The average molecular weight is 341 g/mol. The first kappa shape index (κ1) is 16.9. The van der Waals surface area contributed by atoms with E-state index in [4.69, 9.17) is 9.84 Å². The van der Waals surface area contributed by atoms with Crippen LogP contribution in [-0.4, -0.2) is 41.6 Å². The van der Waals surface area contributed by atoms with Crippen LogP contribution in [0.3, 0.4) is 0 Å². The first-order valence-corrected chi connectivity index (χ1v) is 7.92. The van der Waals surface area contributed by atoms with Gasteiger partial charge in [0.1, 0.15) is 11.4 Å². The fourth-order valence-electron chi connectivity index (χ4n) is 2.79. The number of nitrogens with one attached hydrogen (secondary N) is 1. The predicted octanol–water partition coefficient (Wildman–Crippen LogP) is 1.12. The third-order valence-electron chi connectivity index (χ3n) is 4.06. The van der Waals surface area contributed by atoms with E-state index >= 15 is 0 Å². The Morgan fingerprint density at radius 1 is 1.40 bits per heavy atom. The van der Waals surface area contributed by atoms with Gasteiger partial charge in [0.25, 0.3) is 5.91 Å². The van der Waals surface area contributed by atoms with Crippen molar-refractivity contribution in [2.45, 2.75) is 19.1 Å². The fourth-order valence-corrected chi connectivity index (χ4v) is 2.79. The normalized spacial score (nSPS) is 16.8. The molecule has 1 aliphatic rings. The molecule has 3 rings (SSSR count). The molecule has 7 heteroatoms. The smallest absolute Gasteiger partial charge is 0.270 e. The number of rotatable bonds is 5. The monoisotopic (exact) mass is 341 g/mol. The third kappa shape index (κ3) is 3.77. The first-order chi connectivity index (χ1) is 12.1. The Balaban J connectivity index is 1.68. The van der Waals surface area contributed by atoms with Crippen LogP contribution in [0.1, 0.15) is 22.5 Å². The zero-order valence-electron chi connectivity index (χ0n) is 13.8. The maximum absolute atomic E-state index is 12.3. The van der Waals surface area contributed by atoms with Crippen LogP contribution in [0.15, 0.2) is 42.6 Å². The molecule has 1 atom stereocenters. The third-order valence-corrected chi connectivity index (χ3v) is 4.06. The Hall–Kier alpha value is -2.93. The van der Waals surface area contributed by atoms with Crippen LogP contribution in [0, 0.1) is 0 Å². The number of hydrogen-bond acceptors (Lipinski definition) is 5. The van der Waals surface area contributed by atoms with E-state index < -0.39 is 0 Å². The molecule has 0 bridgehead atoms. The number of aliphatic hydroxyl groups is 1. The molecule has 0 aliphatic carbocycles. The van der Waals surface area contributed by atoms with Gasteiger partial charge in [0.05, 0.1) is 19.8 Å². The second kappa shape index (κ2) is 7.31. The molecular weight excluding hydrogens is 322 g/mol. The molecule has 7 nitrogen and oxygen atoms in total. The van der Waals surface area contributed by atoms with Gasteiger partial charge in [0.15, 0.2) is 0 Å². The van der Waals surface area contributed by atoms with E-state index in [2.05, 4.69) is 10.3 Å². The van der Waals surface area contributed by atoms with Gasteiger partial charge in [-0.15, -0.1) is 0 Å². The molecule has 1 aromatic carbocycles. The second-order valence-electron chi connectivity index (χ2n) is 5.79. The number of carbonyl (C=O) groups excluding carboxylic acids is 2. The van der Waals surface area contributed by atoms with Crippen LogP contribution in [0.5, 0.6) is 5.75 Å². The highest BCUT2D eigenvalue weighted by atomic mass is 16.5. The summed E-state index contributed by atoms with van der Waals surface area (Å²) in [5.74, 6) is 0.249. The predicted molar refractivity (Wildman–Crippen MR) is 91.4 cm³/mol. The van der Waals surface area contributed by atoms with Crippen molar-refractivity contribution in [1.29, 1.82) is 0 Å². The highest BCUT2D eigenvalue weighted by molar-refractivity contribution is 5.98. The summed E-state index contributed by atoms with van der Waals surface area (Å²) in [6, 6.07) is 10.1. The van der Waals surface area contributed by atoms with Crippen molar-refractivity contribution in [2.75, 3.05) is 18.6 Å². The van der Waals surface area contributed by atoms with Gasteiger partial charge < -0.3 is 20.1 Å². The SMILES string of the molecule is COc1cccc(N2C[C@H](NC(=O)c3cc(CO)ccn3)CC2=O)c1. The molecule has 25 heavy (non-hydrogen) atoms. The minimum Gasteiger partial charge on any atom is -0.497 e. The first-order valence-electron chi connectivity index (χ1n) is 7.92. The van der Waals surface area contributed by atoms with Gasteiger partial charge in [-0.1, -0.05) is 6.07 Å². The summed E-state index contributed by atoms with van der Waals surface area (Å²) in [7, 11) is 1.57. The second-order valence-corrected chi connectivity index (χ2v) is 5.79. The zero-order valence-corrected chi connectivity index (χ0v) is 13.8. The summed E-state index contributed by atoms with van der Waals surface area (Å²) in [6.45, 7) is 0.228. The van der Waals surface area contributed by atoms with E-state index in [0.29, 0.717) is 17.9 Å². The lowest BCUT2D eigenvalue weighted by molar-refractivity contribution is -0.117. The highest BCUT2D eigenvalue weighted by Crippen LogP contribution is 2.25. The fraction of sp³-hybridized carbons (Fsp3) is 0.278. The van der Waals surface area contributed by atoms with Crippen molar-refractivity contribution in [3.63, 3.8) is 0 Å². The van der Waals surface area contributed by atoms with Gasteiger partial charge in [0, 0.05) is 30.9 Å². The molecular formula is C18H19N3O4. The summed E-state index contributed by atoms with van der Waals surface area (Å²) < 4.78 is 5.18. The van der Waals surface area contributed by atoms with E-state index in [1.165, 1.54) is 12.3 Å². The number of benzene rings is 1. The van der Waals surface area contributed by atoms with Gasteiger partial charge in [-0.05, 0) is 29.8 Å². The standard InChI is InChI=1S/C18H19N3O4/c1-25-15-4-2-3-14(9-15)21-10-13(8-17(21)23)20-18(24)16-7-12(11-22)5-6-19-16/h2-7,9,13,22H,8,10-11H2,1H3,(H,20,24)/t13-/m1/s1. The van der Waals surface area contributed by atoms with Crippen molar-refractivity contribution < 1.29 is 19.4 Å². The number of nitrogens with zero attached hydrogens (tertiary/aromatic N) is 2. The Morgan fingerprint density at radius 2 is 2.24 bits per heavy atom. The van der Waals surface area contributed by atoms with Crippen LogP contribution >= 0.6 is 0 Å². The lowest BCUT2D eigenvalue weighted by Crippen LogP contribution is -2.37. The van der Waals surface area contributed by atoms with Crippen LogP contribution in [0.2, 0.25) is 0 Å². The number of pyridine rings is 1. The number of aromatic nitrogens is 1. The Morgan fingerprint density at radius 3 is 3.00 bits per heavy atom. The molecule has 2 N–H and O–H groups in total. The topological polar surface area (TPSA) is 91.8 Å². The molecule has 1 aromatic heterocycles. The zero-order chi connectivity index (χ0) is 17.8. The van der Waals surface area contributed by atoms with E-state index in [1.807, 2.05) is 18.2 Å². The highest BCUT2D eigenvalue weighted by Gasteiger charge is 2.32. The molecule has 0 radical (unpaired) electrons. The van der Waals surface area contributed by atoms with E-state index in [9.17, 15) is 9.59 Å². The lowest BCUT2D eigenvalue weighted by atomic mass is 10.2. The van der Waals surface area contributed by atoms with E-state index in [0.717, 1.165) is 5.69 Å². The Bertz CT molecular complexity index is 793. The molecule has 1 saturated heterocycles. The quantitative estimate of drug-likeness (QED) is 0.850. The van der Waals surface area contributed by atoms with Gasteiger partial charge in [-0.3, -0.25) is 14.6 Å². The molecule has 2 heterocycles. The number of hydrogen-bond donors (Lipinski definition) is 2. The summed E-state index contributed by atoms with van der Waals surface area (Å²) in [5.41, 5.74) is 1.57. The van der Waals surface area contributed by atoms with Gasteiger partial charge in [-0.25, -0.2) is 0 Å². The van der Waals surface area contributed by atoms with Crippen molar-refractivity contribution in [2.24, 2.45) is 0 Å². The lowest BCUT2D eigenvalue weighted by Gasteiger charge is -2.18. The number of carbonyl (C=O) groups is 2. The van der Waals surface area contributed by atoms with Crippen molar-refractivity contribution in [1.82, 2.24) is 10.3 Å². The van der Waals surface area contributed by atoms with E-state index in [1.54, 1.807) is 24.1 Å².